The van der Waals surface area contributed by atoms with Gasteiger partial charge in [-0.2, -0.15) is 0 Å². The molecular formula is C22H33N3O5. The van der Waals surface area contributed by atoms with E-state index in [9.17, 15) is 14.7 Å². The van der Waals surface area contributed by atoms with E-state index in [-0.39, 0.29) is 31.2 Å². The van der Waals surface area contributed by atoms with Gasteiger partial charge in [0.25, 0.3) is 0 Å². The number of β-amino-alcohol motifs (C(OH)–C–C–N with tert-alkyl or cyclic N) is 1. The van der Waals surface area contributed by atoms with E-state index < -0.39 is 5.60 Å². The quantitative estimate of drug-likeness (QED) is 0.780. The number of hydrogen-bond donors (Lipinski definition) is 1. The summed E-state index contributed by atoms with van der Waals surface area (Å²) >= 11 is 0. The second kappa shape index (κ2) is 10.1. The molecule has 1 N–H and O–H groups in total. The molecule has 2 aliphatic heterocycles. The lowest BCUT2D eigenvalue weighted by Gasteiger charge is -2.40. The first-order valence-corrected chi connectivity index (χ1v) is 10.7. The highest BCUT2D eigenvalue weighted by molar-refractivity contribution is 5.73. The molecule has 8 nitrogen and oxygen atoms in total. The van der Waals surface area contributed by atoms with Crippen LogP contribution in [0.25, 0.3) is 0 Å². The highest BCUT2D eigenvalue weighted by atomic mass is 16.6. The molecule has 2 aliphatic rings. The largest absolute Gasteiger partial charge is 0.490 e. The maximum Gasteiger partial charge on any atom is 0.409 e. The Labute approximate surface area is 178 Å². The number of amides is 2. The second-order valence-electron chi connectivity index (χ2n) is 8.15. The standard InChI is InChI=1S/C22H33N3O5/c1-3-29-21(27)23-11-9-19(10-12-23)25-14-13-24(18(2)26)15-22(28,16-25)17-30-20-7-5-4-6-8-20/h4-8,19,28H,3,9-17H2,1-2H3/t22-/m1/s1. The smallest absolute Gasteiger partial charge is 0.409 e. The first kappa shape index (κ1) is 22.4. The number of carbonyl (C=O) groups excluding carboxylic acids is 2. The number of likely N-dealkylation sites (tertiary alicyclic amines) is 1. The monoisotopic (exact) mass is 419 g/mol. The molecule has 0 aliphatic carbocycles. The Morgan fingerprint density at radius 1 is 1.07 bits per heavy atom. The summed E-state index contributed by atoms with van der Waals surface area (Å²) in [5.74, 6) is 0.644. The van der Waals surface area contributed by atoms with E-state index >= 15 is 0 Å². The molecule has 0 spiro atoms. The minimum absolute atomic E-state index is 0.0490. The fraction of sp³-hybridized carbons (Fsp3) is 0.636. The van der Waals surface area contributed by atoms with Crippen LogP contribution in [0.3, 0.4) is 0 Å². The van der Waals surface area contributed by atoms with Crippen molar-refractivity contribution < 1.29 is 24.2 Å². The zero-order valence-electron chi connectivity index (χ0n) is 18.0. The summed E-state index contributed by atoms with van der Waals surface area (Å²) in [5.41, 5.74) is -1.17. The number of benzene rings is 1. The van der Waals surface area contributed by atoms with Gasteiger partial charge in [-0.1, -0.05) is 18.2 Å². The van der Waals surface area contributed by atoms with Crippen LogP contribution in [0.2, 0.25) is 0 Å². The fourth-order valence-electron chi connectivity index (χ4n) is 4.23. The molecular weight excluding hydrogens is 386 g/mol. The van der Waals surface area contributed by atoms with Gasteiger partial charge in [-0.15, -0.1) is 0 Å². The van der Waals surface area contributed by atoms with Crippen LogP contribution in [0.1, 0.15) is 26.7 Å². The highest BCUT2D eigenvalue weighted by Gasteiger charge is 2.39. The maximum absolute atomic E-state index is 12.1. The minimum Gasteiger partial charge on any atom is -0.490 e. The first-order valence-electron chi connectivity index (χ1n) is 10.7. The van der Waals surface area contributed by atoms with Crippen LogP contribution in [-0.2, 0) is 9.53 Å². The van der Waals surface area contributed by atoms with Crippen LogP contribution in [0.15, 0.2) is 30.3 Å². The predicted octanol–water partition coefficient (Wildman–Crippen LogP) is 1.58. The number of ether oxygens (including phenoxy) is 2. The summed E-state index contributed by atoms with van der Waals surface area (Å²) < 4.78 is 11.0. The van der Waals surface area contributed by atoms with Crippen molar-refractivity contribution in [3.63, 3.8) is 0 Å². The van der Waals surface area contributed by atoms with Gasteiger partial charge in [-0.05, 0) is 31.9 Å². The molecule has 166 valence electrons. The van der Waals surface area contributed by atoms with Crippen molar-refractivity contribution in [2.45, 2.75) is 38.3 Å². The summed E-state index contributed by atoms with van der Waals surface area (Å²) in [7, 11) is 0. The van der Waals surface area contributed by atoms with Crippen LogP contribution in [0, 0.1) is 0 Å². The Kier molecular flexibility index (Phi) is 7.55. The number of para-hydroxylation sites is 1. The summed E-state index contributed by atoms with van der Waals surface area (Å²) in [6, 6.07) is 9.63. The van der Waals surface area contributed by atoms with Gasteiger partial charge in [0.2, 0.25) is 5.91 Å². The van der Waals surface area contributed by atoms with E-state index in [2.05, 4.69) is 4.90 Å². The zero-order valence-corrected chi connectivity index (χ0v) is 18.0. The number of piperidine rings is 1. The number of hydrogen-bond acceptors (Lipinski definition) is 6. The van der Waals surface area contributed by atoms with Gasteiger partial charge in [0.05, 0.1) is 13.2 Å². The Morgan fingerprint density at radius 2 is 1.77 bits per heavy atom. The van der Waals surface area contributed by atoms with Crippen LogP contribution >= 0.6 is 0 Å². The molecule has 2 amide bonds. The summed E-state index contributed by atoms with van der Waals surface area (Å²) in [6.07, 6.45) is 1.37. The number of aliphatic hydroxyl groups is 1. The molecule has 0 bridgehead atoms. The minimum atomic E-state index is -1.17. The molecule has 1 aromatic carbocycles. The van der Waals surface area contributed by atoms with Crippen LogP contribution in [0.4, 0.5) is 4.79 Å². The Hall–Kier alpha value is -2.32. The first-order chi connectivity index (χ1) is 14.4. The van der Waals surface area contributed by atoms with Crippen molar-refractivity contribution >= 4 is 12.0 Å². The Morgan fingerprint density at radius 3 is 2.40 bits per heavy atom. The molecule has 0 saturated carbocycles. The van der Waals surface area contributed by atoms with Crippen molar-refractivity contribution in [3.05, 3.63) is 30.3 Å². The molecule has 2 heterocycles. The highest BCUT2D eigenvalue weighted by Crippen LogP contribution is 2.24. The van der Waals surface area contributed by atoms with Crippen molar-refractivity contribution in [3.8, 4) is 5.75 Å². The lowest BCUT2D eigenvalue weighted by Crippen LogP contribution is -2.55. The van der Waals surface area contributed by atoms with Crippen LogP contribution < -0.4 is 4.74 Å². The van der Waals surface area contributed by atoms with Crippen molar-refractivity contribution in [2.75, 3.05) is 52.5 Å². The Bertz CT molecular complexity index is 708. The molecule has 0 aromatic heterocycles. The maximum atomic E-state index is 12.1. The molecule has 30 heavy (non-hydrogen) atoms. The van der Waals surface area contributed by atoms with Crippen LogP contribution in [0.5, 0.6) is 5.75 Å². The molecule has 2 fully saturated rings. The second-order valence-corrected chi connectivity index (χ2v) is 8.15. The molecule has 0 unspecified atom stereocenters. The van der Waals surface area contributed by atoms with Gasteiger partial charge < -0.3 is 24.4 Å². The van der Waals surface area contributed by atoms with E-state index in [1.54, 1.807) is 16.7 Å². The summed E-state index contributed by atoms with van der Waals surface area (Å²) in [4.78, 5) is 29.7. The average Bonchev–Trinajstić information content (AvgIpc) is 2.93. The van der Waals surface area contributed by atoms with Gasteiger partial charge in [0.15, 0.2) is 0 Å². The number of rotatable bonds is 5. The lowest BCUT2D eigenvalue weighted by molar-refractivity contribution is -0.132. The number of nitrogens with zero attached hydrogens (tertiary/aromatic N) is 3. The van der Waals surface area contributed by atoms with Gasteiger partial charge in [0, 0.05) is 45.7 Å². The average molecular weight is 420 g/mol. The molecule has 1 aromatic rings. The zero-order chi connectivity index (χ0) is 21.6. The summed E-state index contributed by atoms with van der Waals surface area (Å²) in [5, 5.41) is 11.4. The van der Waals surface area contributed by atoms with Gasteiger partial charge in [0.1, 0.15) is 18.0 Å². The Balaban J connectivity index is 1.65. The SMILES string of the molecule is CCOC(=O)N1CCC(N2CCN(C(C)=O)C[C@](O)(COc3ccccc3)C2)CC1. The van der Waals surface area contributed by atoms with E-state index in [1.807, 2.05) is 30.3 Å². The van der Waals surface area contributed by atoms with Gasteiger partial charge in [-0.3, -0.25) is 9.69 Å². The molecule has 0 radical (unpaired) electrons. The normalized spacial score (nSPS) is 23.7. The van der Waals surface area contributed by atoms with E-state index in [1.165, 1.54) is 6.92 Å². The van der Waals surface area contributed by atoms with Crippen molar-refractivity contribution in [1.29, 1.82) is 0 Å². The van der Waals surface area contributed by atoms with E-state index in [0.717, 1.165) is 12.8 Å². The van der Waals surface area contributed by atoms with E-state index in [4.69, 9.17) is 9.47 Å². The lowest BCUT2D eigenvalue weighted by atomic mass is 9.99. The molecule has 2 saturated heterocycles. The van der Waals surface area contributed by atoms with E-state index in [0.29, 0.717) is 45.1 Å². The molecule has 3 rings (SSSR count). The summed E-state index contributed by atoms with van der Waals surface area (Å²) in [6.45, 7) is 7.02. The molecule has 1 atom stereocenters. The van der Waals surface area contributed by atoms with Crippen LogP contribution in [-0.4, -0.2) is 95.9 Å². The predicted molar refractivity (Wildman–Crippen MR) is 112 cm³/mol. The van der Waals surface area contributed by atoms with Gasteiger partial charge in [-0.25, -0.2) is 4.79 Å². The van der Waals surface area contributed by atoms with Gasteiger partial charge >= 0.3 is 6.09 Å². The topological polar surface area (TPSA) is 82.6 Å². The van der Waals surface area contributed by atoms with Crippen molar-refractivity contribution in [2.24, 2.45) is 0 Å². The number of carbonyl (C=O) groups is 2. The fourth-order valence-corrected chi connectivity index (χ4v) is 4.23. The third-order valence-electron chi connectivity index (χ3n) is 5.84. The molecule has 8 heteroatoms. The third-order valence-corrected chi connectivity index (χ3v) is 5.84. The van der Waals surface area contributed by atoms with Crippen molar-refractivity contribution in [1.82, 2.24) is 14.7 Å². The third kappa shape index (κ3) is 5.86.